The number of carboxylic acid groups (broad SMARTS) is 1. The molecule has 1 heterocycles. The quantitative estimate of drug-likeness (QED) is 0.770. The van der Waals surface area contributed by atoms with E-state index in [1.54, 1.807) is 47.6 Å². The molecule has 23 heavy (non-hydrogen) atoms. The standard InChI is InChI=1S/C16H12N4O3/c21-15(19-13-6-4-11(5-7-13)16(22)23)12-2-1-3-14(8-12)20-9-17-18-10-20/h1-10H,(H,19,21)(H,22,23). The molecule has 2 N–H and O–H groups in total. The maximum atomic E-state index is 12.3. The number of carbonyl (C=O) groups excluding carboxylic acids is 1. The first-order valence-electron chi connectivity index (χ1n) is 6.73. The Morgan fingerprint density at radius 3 is 2.30 bits per heavy atom. The third-order valence-electron chi connectivity index (χ3n) is 3.21. The molecule has 0 spiro atoms. The summed E-state index contributed by atoms with van der Waals surface area (Å²) in [5.74, 6) is -1.30. The lowest BCUT2D eigenvalue weighted by atomic mass is 10.1. The van der Waals surface area contributed by atoms with Crippen molar-refractivity contribution < 1.29 is 14.7 Å². The van der Waals surface area contributed by atoms with Crippen LogP contribution >= 0.6 is 0 Å². The summed E-state index contributed by atoms with van der Waals surface area (Å²) in [4.78, 5) is 23.1. The van der Waals surface area contributed by atoms with E-state index in [1.807, 2.05) is 6.07 Å². The largest absolute Gasteiger partial charge is 0.478 e. The van der Waals surface area contributed by atoms with Crippen molar-refractivity contribution in [1.82, 2.24) is 14.8 Å². The zero-order valence-electron chi connectivity index (χ0n) is 11.9. The zero-order valence-corrected chi connectivity index (χ0v) is 11.9. The SMILES string of the molecule is O=C(O)c1ccc(NC(=O)c2cccc(-n3cnnc3)c2)cc1. The molecular weight excluding hydrogens is 296 g/mol. The van der Waals surface area contributed by atoms with Crippen LogP contribution in [-0.2, 0) is 0 Å². The predicted octanol–water partition coefficient (Wildman–Crippen LogP) is 2.22. The summed E-state index contributed by atoms with van der Waals surface area (Å²) >= 11 is 0. The Bertz CT molecular complexity index is 842. The van der Waals surface area contributed by atoms with E-state index in [2.05, 4.69) is 15.5 Å². The molecule has 0 atom stereocenters. The maximum absolute atomic E-state index is 12.3. The molecule has 1 aromatic heterocycles. The van der Waals surface area contributed by atoms with Crippen molar-refractivity contribution in [3.63, 3.8) is 0 Å². The fourth-order valence-electron chi connectivity index (χ4n) is 2.04. The van der Waals surface area contributed by atoms with Crippen LogP contribution in [0.25, 0.3) is 5.69 Å². The molecule has 3 rings (SSSR count). The molecule has 7 heteroatoms. The van der Waals surface area contributed by atoms with Gasteiger partial charge in [0.1, 0.15) is 12.7 Å². The zero-order chi connectivity index (χ0) is 16.2. The monoisotopic (exact) mass is 308 g/mol. The molecule has 2 aromatic carbocycles. The van der Waals surface area contributed by atoms with Crippen molar-refractivity contribution in [3.8, 4) is 5.69 Å². The Labute approximate surface area is 131 Å². The average Bonchev–Trinajstić information content (AvgIpc) is 3.10. The van der Waals surface area contributed by atoms with E-state index in [4.69, 9.17) is 5.11 Å². The van der Waals surface area contributed by atoms with Gasteiger partial charge in [0.2, 0.25) is 0 Å². The molecule has 0 saturated heterocycles. The Hall–Kier alpha value is -3.48. The number of nitrogens with one attached hydrogen (secondary N) is 1. The molecule has 0 fully saturated rings. The summed E-state index contributed by atoms with van der Waals surface area (Å²) < 4.78 is 1.69. The number of hydrogen-bond donors (Lipinski definition) is 2. The molecule has 1 amide bonds. The number of aromatic carboxylic acids is 1. The topological polar surface area (TPSA) is 97.1 Å². The second kappa shape index (κ2) is 6.10. The van der Waals surface area contributed by atoms with Gasteiger partial charge in [0.15, 0.2) is 0 Å². The van der Waals surface area contributed by atoms with Gasteiger partial charge in [0.25, 0.3) is 5.91 Å². The van der Waals surface area contributed by atoms with E-state index >= 15 is 0 Å². The highest BCUT2D eigenvalue weighted by Crippen LogP contribution is 2.14. The summed E-state index contributed by atoms with van der Waals surface area (Å²) in [6.07, 6.45) is 3.09. The first kappa shape index (κ1) is 14.5. The number of nitrogens with zero attached hydrogens (tertiary/aromatic N) is 3. The van der Waals surface area contributed by atoms with Crippen molar-refractivity contribution in [2.75, 3.05) is 5.32 Å². The fourth-order valence-corrected chi connectivity index (χ4v) is 2.04. The number of hydrogen-bond acceptors (Lipinski definition) is 4. The van der Waals surface area contributed by atoms with E-state index in [1.165, 1.54) is 12.1 Å². The summed E-state index contributed by atoms with van der Waals surface area (Å²) in [5, 5.41) is 19.0. The Kier molecular flexibility index (Phi) is 3.84. The van der Waals surface area contributed by atoms with Gasteiger partial charge in [0.05, 0.1) is 5.56 Å². The van der Waals surface area contributed by atoms with Crippen molar-refractivity contribution in [2.45, 2.75) is 0 Å². The molecule has 0 saturated carbocycles. The molecule has 3 aromatic rings. The molecular formula is C16H12N4O3. The normalized spacial score (nSPS) is 10.3. The predicted molar refractivity (Wildman–Crippen MR) is 82.7 cm³/mol. The summed E-state index contributed by atoms with van der Waals surface area (Å²) in [7, 11) is 0. The Balaban J connectivity index is 1.78. The molecule has 0 aliphatic rings. The summed E-state index contributed by atoms with van der Waals surface area (Å²) in [6.45, 7) is 0. The van der Waals surface area contributed by atoms with Crippen molar-refractivity contribution in [3.05, 3.63) is 72.3 Å². The molecule has 0 bridgehead atoms. The summed E-state index contributed by atoms with van der Waals surface area (Å²) in [5.41, 5.74) is 1.93. The van der Waals surface area contributed by atoms with Crippen LogP contribution < -0.4 is 5.32 Å². The van der Waals surface area contributed by atoms with Gasteiger partial charge < -0.3 is 10.4 Å². The second-order valence-electron chi connectivity index (χ2n) is 4.76. The molecule has 0 aliphatic heterocycles. The smallest absolute Gasteiger partial charge is 0.335 e. The molecule has 0 aliphatic carbocycles. The van der Waals surface area contributed by atoms with E-state index in [9.17, 15) is 9.59 Å². The third-order valence-corrected chi connectivity index (χ3v) is 3.21. The minimum Gasteiger partial charge on any atom is -0.478 e. The van der Waals surface area contributed by atoms with E-state index in [0.29, 0.717) is 11.3 Å². The van der Waals surface area contributed by atoms with Crippen LogP contribution in [0.15, 0.2) is 61.2 Å². The lowest BCUT2D eigenvalue weighted by Crippen LogP contribution is -2.12. The lowest BCUT2D eigenvalue weighted by Gasteiger charge is -2.07. The van der Waals surface area contributed by atoms with Gasteiger partial charge in [-0.1, -0.05) is 6.07 Å². The number of rotatable bonds is 4. The highest BCUT2D eigenvalue weighted by atomic mass is 16.4. The van der Waals surface area contributed by atoms with Crippen molar-refractivity contribution >= 4 is 17.6 Å². The number of carbonyl (C=O) groups is 2. The lowest BCUT2D eigenvalue weighted by molar-refractivity contribution is 0.0696. The van der Waals surface area contributed by atoms with Crippen molar-refractivity contribution in [2.24, 2.45) is 0 Å². The van der Waals surface area contributed by atoms with Gasteiger partial charge in [-0.15, -0.1) is 10.2 Å². The number of carboxylic acids is 1. The van der Waals surface area contributed by atoms with Gasteiger partial charge in [-0.3, -0.25) is 9.36 Å². The Morgan fingerprint density at radius 2 is 1.65 bits per heavy atom. The minimum atomic E-state index is -1.01. The number of aromatic nitrogens is 3. The average molecular weight is 308 g/mol. The fraction of sp³-hybridized carbons (Fsp3) is 0. The van der Waals surface area contributed by atoms with Crippen LogP contribution in [0.4, 0.5) is 5.69 Å². The number of anilines is 1. The van der Waals surface area contributed by atoms with Gasteiger partial charge in [0, 0.05) is 16.9 Å². The van der Waals surface area contributed by atoms with Crippen molar-refractivity contribution in [1.29, 1.82) is 0 Å². The molecule has 0 radical (unpaired) electrons. The number of amides is 1. The van der Waals surface area contributed by atoms with Crippen LogP contribution in [0.2, 0.25) is 0 Å². The van der Waals surface area contributed by atoms with E-state index < -0.39 is 5.97 Å². The molecule has 7 nitrogen and oxygen atoms in total. The van der Waals surface area contributed by atoms with Crippen LogP contribution in [0.5, 0.6) is 0 Å². The third kappa shape index (κ3) is 3.24. The van der Waals surface area contributed by atoms with Gasteiger partial charge in [-0.05, 0) is 42.5 Å². The van der Waals surface area contributed by atoms with Crippen LogP contribution in [0, 0.1) is 0 Å². The highest BCUT2D eigenvalue weighted by molar-refractivity contribution is 6.04. The van der Waals surface area contributed by atoms with Crippen LogP contribution in [-0.4, -0.2) is 31.7 Å². The molecule has 0 unspecified atom stereocenters. The second-order valence-corrected chi connectivity index (χ2v) is 4.76. The first-order chi connectivity index (χ1) is 11.1. The molecule has 114 valence electrons. The summed E-state index contributed by atoms with van der Waals surface area (Å²) in [6, 6.07) is 13.0. The van der Waals surface area contributed by atoms with E-state index in [-0.39, 0.29) is 11.5 Å². The van der Waals surface area contributed by atoms with Crippen LogP contribution in [0.1, 0.15) is 20.7 Å². The van der Waals surface area contributed by atoms with Gasteiger partial charge in [-0.2, -0.15) is 0 Å². The number of benzene rings is 2. The van der Waals surface area contributed by atoms with Crippen LogP contribution in [0.3, 0.4) is 0 Å². The minimum absolute atomic E-state index is 0.164. The Morgan fingerprint density at radius 1 is 0.957 bits per heavy atom. The van der Waals surface area contributed by atoms with Gasteiger partial charge >= 0.3 is 5.97 Å². The maximum Gasteiger partial charge on any atom is 0.335 e. The van der Waals surface area contributed by atoms with E-state index in [0.717, 1.165) is 5.69 Å². The van der Waals surface area contributed by atoms with Gasteiger partial charge in [-0.25, -0.2) is 4.79 Å². The first-order valence-corrected chi connectivity index (χ1v) is 6.73. The highest BCUT2D eigenvalue weighted by Gasteiger charge is 2.08.